The fraction of sp³-hybridized carbons (Fsp3) is 0.615. The second kappa shape index (κ2) is 3.93. The highest BCUT2D eigenvalue weighted by molar-refractivity contribution is 5.29. The minimum atomic E-state index is 0.169. The van der Waals surface area contributed by atoms with Gasteiger partial charge in [0, 0.05) is 17.4 Å². The van der Waals surface area contributed by atoms with Crippen LogP contribution in [-0.4, -0.2) is 10.5 Å². The topological polar surface area (TPSA) is 38.9 Å². The minimum Gasteiger partial charge on any atom is -0.325 e. The van der Waals surface area contributed by atoms with Gasteiger partial charge >= 0.3 is 0 Å². The summed E-state index contributed by atoms with van der Waals surface area (Å²) in [6.07, 6.45) is 7.60. The molecule has 2 nitrogen and oxygen atoms in total. The van der Waals surface area contributed by atoms with Gasteiger partial charge in [-0.05, 0) is 56.2 Å². The van der Waals surface area contributed by atoms with Crippen LogP contribution in [0, 0.1) is 6.92 Å². The Bertz CT molecular complexity index is 354. The zero-order chi connectivity index (χ0) is 10.9. The van der Waals surface area contributed by atoms with Crippen molar-refractivity contribution >= 4 is 0 Å². The summed E-state index contributed by atoms with van der Waals surface area (Å²) in [7, 11) is 0. The molecule has 0 aliphatic heterocycles. The van der Waals surface area contributed by atoms with Gasteiger partial charge in [0.15, 0.2) is 0 Å². The fourth-order valence-corrected chi connectivity index (χ4v) is 2.05. The maximum atomic E-state index is 6.10. The summed E-state index contributed by atoms with van der Waals surface area (Å²) in [5.74, 6) is 0. The Morgan fingerprint density at radius 2 is 2.20 bits per heavy atom. The smallest absolute Gasteiger partial charge is 0.0432 e. The Morgan fingerprint density at radius 1 is 1.47 bits per heavy atom. The first-order valence-electron chi connectivity index (χ1n) is 5.87. The van der Waals surface area contributed by atoms with Gasteiger partial charge in [0.2, 0.25) is 0 Å². The molecule has 1 fully saturated rings. The van der Waals surface area contributed by atoms with Crippen LogP contribution in [0.25, 0.3) is 0 Å². The second-order valence-corrected chi connectivity index (χ2v) is 4.76. The lowest BCUT2D eigenvalue weighted by Crippen LogP contribution is -2.22. The van der Waals surface area contributed by atoms with Gasteiger partial charge in [-0.3, -0.25) is 4.98 Å². The number of aryl methyl sites for hydroxylation is 2. The average molecular weight is 204 g/mol. The van der Waals surface area contributed by atoms with Crippen LogP contribution < -0.4 is 5.73 Å². The second-order valence-electron chi connectivity index (χ2n) is 4.76. The molecule has 1 saturated carbocycles. The van der Waals surface area contributed by atoms with Crippen molar-refractivity contribution < 1.29 is 0 Å². The van der Waals surface area contributed by atoms with E-state index in [0.717, 1.165) is 19.3 Å². The standard InChI is InChI=1S/C13H20N2/c1-3-12-10(2)11(5-9-15-12)4-6-13(14)7-8-13/h5,9H,3-4,6-8,14H2,1-2H3. The van der Waals surface area contributed by atoms with Crippen LogP contribution in [0.3, 0.4) is 0 Å². The summed E-state index contributed by atoms with van der Waals surface area (Å²) in [6.45, 7) is 4.34. The number of nitrogens with zero attached hydrogens (tertiary/aromatic N) is 1. The lowest BCUT2D eigenvalue weighted by Gasteiger charge is -2.12. The summed E-state index contributed by atoms with van der Waals surface area (Å²) in [5, 5.41) is 0. The molecule has 2 heteroatoms. The molecule has 82 valence electrons. The van der Waals surface area contributed by atoms with E-state index < -0.39 is 0 Å². The summed E-state index contributed by atoms with van der Waals surface area (Å²) in [6, 6.07) is 2.14. The van der Waals surface area contributed by atoms with Gasteiger partial charge in [-0.15, -0.1) is 0 Å². The van der Waals surface area contributed by atoms with E-state index >= 15 is 0 Å². The molecule has 15 heavy (non-hydrogen) atoms. The van der Waals surface area contributed by atoms with Crippen molar-refractivity contribution in [3.05, 3.63) is 29.1 Å². The number of aromatic nitrogens is 1. The molecule has 0 spiro atoms. The summed E-state index contributed by atoms with van der Waals surface area (Å²) in [4.78, 5) is 4.39. The van der Waals surface area contributed by atoms with Gasteiger partial charge in [-0.25, -0.2) is 0 Å². The molecule has 0 radical (unpaired) electrons. The van der Waals surface area contributed by atoms with Crippen LogP contribution in [0.2, 0.25) is 0 Å². The first-order valence-corrected chi connectivity index (χ1v) is 5.87. The van der Waals surface area contributed by atoms with Crippen molar-refractivity contribution in [1.29, 1.82) is 0 Å². The van der Waals surface area contributed by atoms with E-state index in [2.05, 4.69) is 24.9 Å². The average Bonchev–Trinajstić information content (AvgIpc) is 2.96. The fourth-order valence-electron chi connectivity index (χ4n) is 2.05. The van der Waals surface area contributed by atoms with E-state index in [1.807, 2.05) is 6.20 Å². The van der Waals surface area contributed by atoms with Gasteiger partial charge < -0.3 is 5.73 Å². The number of pyridine rings is 1. The monoisotopic (exact) mass is 204 g/mol. The highest BCUT2D eigenvalue weighted by Gasteiger charge is 2.37. The van der Waals surface area contributed by atoms with Crippen molar-refractivity contribution in [2.75, 3.05) is 0 Å². The molecular weight excluding hydrogens is 184 g/mol. The third kappa shape index (κ3) is 2.37. The summed E-state index contributed by atoms with van der Waals surface area (Å²) < 4.78 is 0. The van der Waals surface area contributed by atoms with Crippen LogP contribution in [0.1, 0.15) is 43.0 Å². The molecule has 0 unspecified atom stereocenters. The molecule has 0 bridgehead atoms. The Labute approximate surface area is 91.9 Å². The quantitative estimate of drug-likeness (QED) is 0.817. The molecule has 1 heterocycles. The molecule has 2 N–H and O–H groups in total. The highest BCUT2D eigenvalue weighted by Crippen LogP contribution is 2.36. The molecule has 1 aliphatic carbocycles. The predicted octanol–water partition coefficient (Wildman–Crippen LogP) is 2.38. The molecule has 0 aromatic carbocycles. The van der Waals surface area contributed by atoms with Gasteiger partial charge in [-0.1, -0.05) is 6.92 Å². The maximum absolute atomic E-state index is 6.10. The van der Waals surface area contributed by atoms with Gasteiger partial charge in [0.05, 0.1) is 0 Å². The van der Waals surface area contributed by atoms with Crippen molar-refractivity contribution in [2.24, 2.45) is 5.73 Å². The maximum Gasteiger partial charge on any atom is 0.0432 e. The number of hydrogen-bond acceptors (Lipinski definition) is 2. The van der Waals surface area contributed by atoms with Crippen molar-refractivity contribution in [2.45, 2.75) is 51.5 Å². The highest BCUT2D eigenvalue weighted by atomic mass is 14.8. The Kier molecular flexibility index (Phi) is 2.79. The minimum absolute atomic E-state index is 0.169. The Balaban J connectivity index is 2.07. The normalized spacial score (nSPS) is 17.8. The van der Waals surface area contributed by atoms with Gasteiger partial charge in [0.1, 0.15) is 0 Å². The van der Waals surface area contributed by atoms with Crippen LogP contribution in [0.15, 0.2) is 12.3 Å². The summed E-state index contributed by atoms with van der Waals surface area (Å²) in [5.41, 5.74) is 10.3. The number of rotatable bonds is 4. The number of nitrogens with two attached hydrogens (primary N) is 1. The van der Waals surface area contributed by atoms with Crippen LogP contribution in [0.4, 0.5) is 0 Å². The Hall–Kier alpha value is -0.890. The third-order valence-corrected chi connectivity index (χ3v) is 3.54. The molecule has 1 aliphatic rings. The largest absolute Gasteiger partial charge is 0.325 e. The van der Waals surface area contributed by atoms with Crippen LogP contribution >= 0.6 is 0 Å². The third-order valence-electron chi connectivity index (χ3n) is 3.54. The van der Waals surface area contributed by atoms with E-state index in [9.17, 15) is 0 Å². The first kappa shape index (κ1) is 10.6. The van der Waals surface area contributed by atoms with E-state index in [-0.39, 0.29) is 5.54 Å². The van der Waals surface area contributed by atoms with E-state index in [4.69, 9.17) is 5.73 Å². The van der Waals surface area contributed by atoms with Crippen molar-refractivity contribution in [3.63, 3.8) is 0 Å². The number of hydrogen-bond donors (Lipinski definition) is 1. The molecule has 1 aromatic rings. The van der Waals surface area contributed by atoms with Crippen LogP contribution in [-0.2, 0) is 12.8 Å². The van der Waals surface area contributed by atoms with Gasteiger partial charge in [0.25, 0.3) is 0 Å². The zero-order valence-electron chi connectivity index (χ0n) is 9.71. The van der Waals surface area contributed by atoms with Crippen molar-refractivity contribution in [3.8, 4) is 0 Å². The molecule has 0 atom stereocenters. The molecular formula is C13H20N2. The molecule has 2 rings (SSSR count). The SMILES string of the molecule is CCc1nccc(CCC2(N)CC2)c1C. The van der Waals surface area contributed by atoms with E-state index in [1.54, 1.807) is 0 Å². The molecule has 0 saturated heterocycles. The summed E-state index contributed by atoms with van der Waals surface area (Å²) >= 11 is 0. The zero-order valence-corrected chi connectivity index (χ0v) is 9.71. The van der Waals surface area contributed by atoms with E-state index in [1.165, 1.54) is 29.7 Å². The first-order chi connectivity index (χ1) is 7.14. The lowest BCUT2D eigenvalue weighted by molar-refractivity contribution is 0.607. The molecule has 1 aromatic heterocycles. The molecule has 0 amide bonds. The lowest BCUT2D eigenvalue weighted by atomic mass is 9.99. The predicted molar refractivity (Wildman–Crippen MR) is 62.8 cm³/mol. The Morgan fingerprint density at radius 3 is 2.80 bits per heavy atom. The van der Waals surface area contributed by atoms with Crippen molar-refractivity contribution in [1.82, 2.24) is 4.98 Å². The van der Waals surface area contributed by atoms with E-state index in [0.29, 0.717) is 0 Å². The van der Waals surface area contributed by atoms with Crippen LogP contribution in [0.5, 0.6) is 0 Å². The van der Waals surface area contributed by atoms with Gasteiger partial charge in [-0.2, -0.15) is 0 Å².